The summed E-state index contributed by atoms with van der Waals surface area (Å²) in [6.07, 6.45) is 0. The number of rotatable bonds is 0. The topological polar surface area (TPSA) is 17.1 Å². The maximum Gasteiger partial charge on any atom is 0 e. The molecule has 0 bridgehead atoms. The summed E-state index contributed by atoms with van der Waals surface area (Å²) in [6.45, 7) is 0. The molecule has 0 saturated carbocycles. The van der Waals surface area contributed by atoms with Gasteiger partial charge in [-0.05, 0) is 0 Å². The van der Waals surface area contributed by atoms with Gasteiger partial charge in [-0.2, -0.15) is 0 Å². The molecule has 0 unspecified atom stereocenters. The van der Waals surface area contributed by atoms with Crippen molar-refractivity contribution in [1.29, 1.82) is 0 Å². The molecule has 0 atom stereocenters. The Hall–Kier alpha value is 1.99. The summed E-state index contributed by atoms with van der Waals surface area (Å²) in [7, 11) is 0. The standard InChI is InChI=1S/Ir.O.Sn.Ta. The van der Waals surface area contributed by atoms with E-state index in [2.05, 4.69) is 0 Å². The Morgan fingerprint density at radius 3 is 1.25 bits per heavy atom. The SMILES string of the molecule is [Ir].[O]=[Sn].[Ta]. The van der Waals surface area contributed by atoms with Crippen molar-refractivity contribution >= 4 is 22.5 Å². The van der Waals surface area contributed by atoms with Crippen LogP contribution in [0.2, 0.25) is 0 Å². The first-order chi connectivity index (χ1) is 1.00. The third-order valence-corrected chi connectivity index (χ3v) is 0. The average Bonchev–Trinajstić information content (AvgIpc) is 1.00. The Morgan fingerprint density at radius 1 is 1.25 bits per heavy atom. The molecule has 0 aliphatic rings. The van der Waals surface area contributed by atoms with Crippen LogP contribution in [0, 0.1) is 0 Å². The smallest absolute Gasteiger partial charge is 0 e. The largest absolute Gasteiger partial charge is 0 e. The van der Waals surface area contributed by atoms with Gasteiger partial charge in [0.15, 0.2) is 0 Å². The quantitative estimate of drug-likeness (QED) is 0.404. The first kappa shape index (κ1) is 16.7. The van der Waals surface area contributed by atoms with Crippen LogP contribution in [0.4, 0.5) is 0 Å². The molecule has 0 aliphatic heterocycles. The van der Waals surface area contributed by atoms with E-state index in [0.717, 1.165) is 0 Å². The van der Waals surface area contributed by atoms with E-state index in [9.17, 15) is 0 Å². The van der Waals surface area contributed by atoms with Gasteiger partial charge in [0.05, 0.1) is 0 Å². The molecule has 0 aliphatic carbocycles. The maximum atomic E-state index is 8.34. The van der Waals surface area contributed by atoms with E-state index >= 15 is 0 Å². The molecule has 0 aromatic rings. The predicted octanol–water partition coefficient (Wildman–Crippen LogP) is -0.505. The van der Waals surface area contributed by atoms with E-state index in [0.29, 0.717) is 22.5 Å². The fourth-order valence-corrected chi connectivity index (χ4v) is 0. The first-order valence-electron chi connectivity index (χ1n) is 0.204. The minimum absolute atomic E-state index is 0. The van der Waals surface area contributed by atoms with Crippen molar-refractivity contribution in [2.24, 2.45) is 0 Å². The molecular weight excluding hydrogens is 508 g/mol. The van der Waals surface area contributed by atoms with E-state index in [-0.39, 0.29) is 42.5 Å². The second-order valence-corrected chi connectivity index (χ2v) is 0. The monoisotopic (exact) mass is 510 g/mol. The van der Waals surface area contributed by atoms with Gasteiger partial charge in [-0.1, -0.05) is 0 Å². The van der Waals surface area contributed by atoms with Crippen LogP contribution in [0.15, 0.2) is 0 Å². The summed E-state index contributed by atoms with van der Waals surface area (Å²) >= 11 is 0.300. The third kappa shape index (κ3) is 9.01. The van der Waals surface area contributed by atoms with Crippen LogP contribution in [-0.4, -0.2) is 22.5 Å². The normalized spacial score (nSPS) is 1.00. The van der Waals surface area contributed by atoms with Crippen LogP contribution in [-0.2, 0) is 45.6 Å². The molecule has 0 N–H and O–H groups in total. The molecule has 0 spiro atoms. The molecule has 0 saturated heterocycles. The molecule has 0 amide bonds. The van der Waals surface area contributed by atoms with Crippen molar-refractivity contribution in [3.63, 3.8) is 0 Å². The van der Waals surface area contributed by atoms with E-state index < -0.39 is 0 Å². The summed E-state index contributed by atoms with van der Waals surface area (Å²) < 4.78 is 8.34. The minimum Gasteiger partial charge on any atom is 0 e. The average molecular weight is 508 g/mol. The molecule has 0 heterocycles. The summed E-state index contributed by atoms with van der Waals surface area (Å²) in [4.78, 5) is 0. The minimum atomic E-state index is 0. The van der Waals surface area contributed by atoms with Crippen LogP contribution in [0.25, 0.3) is 0 Å². The third-order valence-electron chi connectivity index (χ3n) is 0. The molecule has 0 aromatic carbocycles. The van der Waals surface area contributed by atoms with Gasteiger partial charge >= 0.3 is 25.6 Å². The van der Waals surface area contributed by atoms with Gasteiger partial charge in [0, 0.05) is 42.5 Å². The van der Waals surface area contributed by atoms with Crippen molar-refractivity contribution in [2.45, 2.75) is 0 Å². The van der Waals surface area contributed by atoms with Crippen molar-refractivity contribution in [1.82, 2.24) is 0 Å². The number of hydrogen-bond donors (Lipinski definition) is 0. The van der Waals surface area contributed by atoms with E-state index in [4.69, 9.17) is 3.08 Å². The van der Waals surface area contributed by atoms with Crippen LogP contribution < -0.4 is 0 Å². The molecule has 4 heteroatoms. The van der Waals surface area contributed by atoms with Gasteiger partial charge in [0.25, 0.3) is 0 Å². The van der Waals surface area contributed by atoms with Gasteiger partial charge in [0.1, 0.15) is 0 Å². The van der Waals surface area contributed by atoms with Gasteiger partial charge < -0.3 is 0 Å². The van der Waals surface area contributed by atoms with Gasteiger partial charge in [-0.3, -0.25) is 0 Å². The second-order valence-electron chi connectivity index (χ2n) is 0. The summed E-state index contributed by atoms with van der Waals surface area (Å²) in [5, 5.41) is 0. The zero-order chi connectivity index (χ0) is 2.00. The number of hydrogen-bond acceptors (Lipinski definition) is 1. The van der Waals surface area contributed by atoms with E-state index in [1.807, 2.05) is 0 Å². The Morgan fingerprint density at radius 2 is 1.25 bits per heavy atom. The van der Waals surface area contributed by atoms with Crippen LogP contribution >= 0.6 is 0 Å². The first-order valence-corrected chi connectivity index (χ1v) is 1.37. The Balaban J connectivity index is -0.00000000500. The molecule has 0 aromatic heterocycles. The molecular formula is IrOSnTa. The van der Waals surface area contributed by atoms with E-state index in [1.54, 1.807) is 0 Å². The van der Waals surface area contributed by atoms with E-state index in [1.165, 1.54) is 0 Å². The molecule has 4 radical (unpaired) electrons. The van der Waals surface area contributed by atoms with Crippen molar-refractivity contribution in [2.75, 3.05) is 0 Å². The second kappa shape index (κ2) is 20.1. The van der Waals surface area contributed by atoms with Crippen molar-refractivity contribution < 1.29 is 45.6 Å². The zero-order valence-corrected chi connectivity index (χ0v) is 10.2. The molecule has 1 nitrogen and oxygen atoms in total. The molecule has 0 rings (SSSR count). The summed E-state index contributed by atoms with van der Waals surface area (Å²) in [5.41, 5.74) is 0. The fourth-order valence-electron chi connectivity index (χ4n) is 0. The van der Waals surface area contributed by atoms with Crippen LogP contribution in [0.1, 0.15) is 0 Å². The van der Waals surface area contributed by atoms with Gasteiger partial charge in [0.2, 0.25) is 0 Å². The Bertz CT molecular complexity index is 8.00. The van der Waals surface area contributed by atoms with Crippen molar-refractivity contribution in [3.8, 4) is 0 Å². The Kier molecular flexibility index (Phi) is 83.7. The Labute approximate surface area is 67.2 Å². The molecule has 24 valence electrons. The predicted molar refractivity (Wildman–Crippen MR) is 6.44 cm³/mol. The zero-order valence-electron chi connectivity index (χ0n) is 1.69. The fraction of sp³-hybridized carbons (Fsp3) is 0. The maximum absolute atomic E-state index is 8.34. The molecule has 0 fully saturated rings. The summed E-state index contributed by atoms with van der Waals surface area (Å²) in [6, 6.07) is 0. The van der Waals surface area contributed by atoms with Crippen LogP contribution in [0.5, 0.6) is 0 Å². The van der Waals surface area contributed by atoms with Gasteiger partial charge in [-0.15, -0.1) is 0 Å². The summed E-state index contributed by atoms with van der Waals surface area (Å²) in [5.74, 6) is 0. The van der Waals surface area contributed by atoms with Gasteiger partial charge in [-0.25, -0.2) is 0 Å². The molecule has 4 heavy (non-hydrogen) atoms. The van der Waals surface area contributed by atoms with Crippen molar-refractivity contribution in [3.05, 3.63) is 0 Å². The van der Waals surface area contributed by atoms with Crippen LogP contribution in [0.3, 0.4) is 0 Å².